The van der Waals surface area contributed by atoms with Crippen LogP contribution in [-0.2, 0) is 0 Å². The van der Waals surface area contributed by atoms with E-state index < -0.39 is 0 Å². The molecule has 1 aromatic heterocycles. The molecule has 264 valence electrons. The molecule has 0 aliphatic heterocycles. The molecule has 0 aliphatic rings. The molecule has 12 rings (SSSR count). The highest BCUT2D eigenvalue weighted by molar-refractivity contribution is 6.22. The van der Waals surface area contributed by atoms with Gasteiger partial charge < -0.3 is 4.57 Å². The van der Waals surface area contributed by atoms with Crippen LogP contribution in [0.3, 0.4) is 0 Å². The highest BCUT2D eigenvalue weighted by Gasteiger charge is 2.19. The molecule has 0 spiro atoms. The van der Waals surface area contributed by atoms with Crippen molar-refractivity contribution in [3.63, 3.8) is 0 Å². The molecular formula is C56H35N. The van der Waals surface area contributed by atoms with Crippen LogP contribution in [-0.4, -0.2) is 4.57 Å². The number of nitrogens with zero attached hydrogens (tertiary/aromatic N) is 1. The molecule has 0 radical (unpaired) electrons. The van der Waals surface area contributed by atoms with Crippen LogP contribution in [0, 0.1) is 0 Å². The van der Waals surface area contributed by atoms with E-state index in [9.17, 15) is 0 Å². The Balaban J connectivity index is 1.11. The molecule has 0 unspecified atom stereocenters. The van der Waals surface area contributed by atoms with Crippen molar-refractivity contribution in [3.05, 3.63) is 212 Å². The molecule has 1 heteroatoms. The van der Waals surface area contributed by atoms with Gasteiger partial charge in [-0.25, -0.2) is 0 Å². The molecule has 0 bridgehead atoms. The number of hydrogen-bond donors (Lipinski definition) is 0. The predicted molar refractivity (Wildman–Crippen MR) is 245 cm³/mol. The first kappa shape index (κ1) is 31.8. The number of aromatic nitrogens is 1. The van der Waals surface area contributed by atoms with Gasteiger partial charge in [0, 0.05) is 16.5 Å². The second-order valence-corrected chi connectivity index (χ2v) is 15.3. The Morgan fingerprint density at radius 2 is 0.649 bits per heavy atom. The van der Waals surface area contributed by atoms with Crippen LogP contribution < -0.4 is 0 Å². The molecule has 11 aromatic carbocycles. The van der Waals surface area contributed by atoms with Crippen LogP contribution >= 0.6 is 0 Å². The quantitative estimate of drug-likeness (QED) is 0.160. The normalized spacial score (nSPS) is 11.9. The van der Waals surface area contributed by atoms with Crippen molar-refractivity contribution in [2.45, 2.75) is 0 Å². The first-order chi connectivity index (χ1) is 28.2. The van der Waals surface area contributed by atoms with Gasteiger partial charge in [-0.3, -0.25) is 0 Å². The molecule has 0 amide bonds. The van der Waals surface area contributed by atoms with Gasteiger partial charge in [0.1, 0.15) is 0 Å². The van der Waals surface area contributed by atoms with E-state index >= 15 is 0 Å². The van der Waals surface area contributed by atoms with Crippen molar-refractivity contribution in [2.24, 2.45) is 0 Å². The van der Waals surface area contributed by atoms with Gasteiger partial charge in [-0.1, -0.05) is 158 Å². The Bertz CT molecular complexity index is 3510. The maximum Gasteiger partial charge on any atom is 0.0541 e. The molecule has 0 aliphatic carbocycles. The largest absolute Gasteiger partial charge is 0.309 e. The van der Waals surface area contributed by atoms with Gasteiger partial charge >= 0.3 is 0 Å². The standard InChI is InChI=1S/C56H35N/c1-2-12-38-31-41(22-21-36(38)11-1)43-27-30-51-52(35-43)56(44-24-23-42-32-39-13-3-4-14-40(39)33-45(42)34-44)50-18-6-5-17-49(50)55(51)37-25-28-46(29-26-37)57-53-19-9-7-15-47(53)48-16-8-10-20-54(48)57/h1-35H. The lowest BCUT2D eigenvalue weighted by Gasteiger charge is -2.19. The SMILES string of the molecule is c1ccc2cc(-c3ccc4c(-c5ccc(-n6c7ccccc7c7ccccc76)cc5)c5ccccc5c(-c5ccc6cc7ccccc7cc6c5)c4c3)ccc2c1. The lowest BCUT2D eigenvalue weighted by atomic mass is 9.84. The van der Waals surface area contributed by atoms with Gasteiger partial charge in [0.2, 0.25) is 0 Å². The fraction of sp³-hybridized carbons (Fsp3) is 0. The van der Waals surface area contributed by atoms with Crippen LogP contribution in [0.5, 0.6) is 0 Å². The summed E-state index contributed by atoms with van der Waals surface area (Å²) in [6.45, 7) is 0. The minimum Gasteiger partial charge on any atom is -0.309 e. The molecule has 1 heterocycles. The van der Waals surface area contributed by atoms with Crippen LogP contribution in [0.15, 0.2) is 212 Å². The fourth-order valence-electron chi connectivity index (χ4n) is 9.42. The van der Waals surface area contributed by atoms with Crippen molar-refractivity contribution >= 4 is 75.7 Å². The molecule has 0 saturated heterocycles. The number of para-hydroxylation sites is 2. The van der Waals surface area contributed by atoms with E-state index in [0.717, 1.165) is 5.69 Å². The summed E-state index contributed by atoms with van der Waals surface area (Å²) < 4.78 is 2.40. The minimum atomic E-state index is 1.16. The smallest absolute Gasteiger partial charge is 0.0541 e. The number of fused-ring (bicyclic) bond motifs is 8. The Morgan fingerprint density at radius 1 is 0.228 bits per heavy atom. The Morgan fingerprint density at radius 3 is 1.33 bits per heavy atom. The molecule has 0 fully saturated rings. The summed E-state index contributed by atoms with van der Waals surface area (Å²) in [7, 11) is 0. The molecule has 0 saturated carbocycles. The zero-order chi connectivity index (χ0) is 37.5. The lowest BCUT2D eigenvalue weighted by Crippen LogP contribution is -1.95. The van der Waals surface area contributed by atoms with Crippen molar-refractivity contribution < 1.29 is 0 Å². The zero-order valence-corrected chi connectivity index (χ0v) is 31.2. The Kier molecular flexibility index (Phi) is 7.00. The summed E-state index contributed by atoms with van der Waals surface area (Å²) in [5, 5.41) is 15.1. The lowest BCUT2D eigenvalue weighted by molar-refractivity contribution is 1.18. The Labute approximate surface area is 330 Å². The molecule has 57 heavy (non-hydrogen) atoms. The van der Waals surface area contributed by atoms with E-state index in [1.807, 2.05) is 0 Å². The molecule has 12 aromatic rings. The molecule has 1 nitrogen and oxygen atoms in total. The fourth-order valence-corrected chi connectivity index (χ4v) is 9.42. The van der Waals surface area contributed by atoms with Gasteiger partial charge in [0.15, 0.2) is 0 Å². The maximum atomic E-state index is 2.43. The van der Waals surface area contributed by atoms with Crippen LogP contribution in [0.4, 0.5) is 0 Å². The van der Waals surface area contributed by atoms with Crippen LogP contribution in [0.25, 0.3) is 115 Å². The first-order valence-corrected chi connectivity index (χ1v) is 19.7. The summed E-state index contributed by atoms with van der Waals surface area (Å²) in [5.74, 6) is 0. The van der Waals surface area contributed by atoms with Gasteiger partial charge in [-0.2, -0.15) is 0 Å². The van der Waals surface area contributed by atoms with E-state index in [-0.39, 0.29) is 0 Å². The van der Waals surface area contributed by atoms with Crippen LogP contribution in [0.1, 0.15) is 0 Å². The zero-order valence-electron chi connectivity index (χ0n) is 31.2. The van der Waals surface area contributed by atoms with Gasteiger partial charge in [-0.05, 0) is 142 Å². The third-order valence-electron chi connectivity index (χ3n) is 12.1. The van der Waals surface area contributed by atoms with Crippen molar-refractivity contribution in [3.8, 4) is 39.1 Å². The summed E-state index contributed by atoms with van der Waals surface area (Å²) in [4.78, 5) is 0. The van der Waals surface area contributed by atoms with Crippen molar-refractivity contribution in [1.82, 2.24) is 4.57 Å². The number of benzene rings is 11. The van der Waals surface area contributed by atoms with Crippen molar-refractivity contribution in [1.29, 1.82) is 0 Å². The van der Waals surface area contributed by atoms with E-state index in [1.54, 1.807) is 0 Å². The average Bonchev–Trinajstić information content (AvgIpc) is 3.61. The average molecular weight is 722 g/mol. The van der Waals surface area contributed by atoms with Gasteiger partial charge in [0.05, 0.1) is 11.0 Å². The second kappa shape index (κ2) is 12.5. The van der Waals surface area contributed by atoms with E-state index in [4.69, 9.17) is 0 Å². The summed E-state index contributed by atoms with van der Waals surface area (Å²) in [6, 6.07) is 78.5. The summed E-state index contributed by atoms with van der Waals surface area (Å²) in [6.07, 6.45) is 0. The highest BCUT2D eigenvalue weighted by atomic mass is 15.0. The Hall–Kier alpha value is -7.48. The van der Waals surface area contributed by atoms with E-state index in [0.29, 0.717) is 0 Å². The third kappa shape index (κ3) is 5.03. The molecular weight excluding hydrogens is 687 g/mol. The monoisotopic (exact) mass is 721 g/mol. The predicted octanol–water partition coefficient (Wildman–Crippen LogP) is 15.6. The molecule has 0 atom stereocenters. The second-order valence-electron chi connectivity index (χ2n) is 15.3. The first-order valence-electron chi connectivity index (χ1n) is 19.7. The maximum absolute atomic E-state index is 2.43. The highest BCUT2D eigenvalue weighted by Crippen LogP contribution is 2.46. The topological polar surface area (TPSA) is 4.93 Å². The number of hydrogen-bond acceptors (Lipinski definition) is 0. The van der Waals surface area contributed by atoms with E-state index in [2.05, 4.69) is 217 Å². The van der Waals surface area contributed by atoms with Gasteiger partial charge in [-0.15, -0.1) is 0 Å². The van der Waals surface area contributed by atoms with E-state index in [1.165, 1.54) is 109 Å². The summed E-state index contributed by atoms with van der Waals surface area (Å²) >= 11 is 0. The minimum absolute atomic E-state index is 1.16. The molecule has 0 N–H and O–H groups in total. The van der Waals surface area contributed by atoms with Crippen molar-refractivity contribution in [2.75, 3.05) is 0 Å². The number of rotatable bonds is 4. The third-order valence-corrected chi connectivity index (χ3v) is 12.1. The van der Waals surface area contributed by atoms with Crippen LogP contribution in [0.2, 0.25) is 0 Å². The summed E-state index contributed by atoms with van der Waals surface area (Å²) in [5.41, 5.74) is 11.0. The van der Waals surface area contributed by atoms with Gasteiger partial charge in [0.25, 0.3) is 0 Å².